The molecular formula is C9H9ClOS. The lowest BCUT2D eigenvalue weighted by Gasteiger charge is -2.11. The van der Waals surface area contributed by atoms with Gasteiger partial charge in [0.25, 0.3) is 5.24 Å². The van der Waals surface area contributed by atoms with Gasteiger partial charge in [0.05, 0.1) is 0 Å². The lowest BCUT2D eigenvalue weighted by atomic mass is 10.1. The Kier molecular flexibility index (Phi) is 2.80. The lowest BCUT2D eigenvalue weighted by Crippen LogP contribution is -2.06. The van der Waals surface area contributed by atoms with Crippen molar-refractivity contribution in [2.45, 2.75) is 11.7 Å². The van der Waals surface area contributed by atoms with Crippen molar-refractivity contribution in [3.8, 4) is 0 Å². The van der Waals surface area contributed by atoms with E-state index < -0.39 is 5.24 Å². The Balaban J connectivity index is 2.94. The molecule has 0 radical (unpaired) electrons. The molecule has 0 aromatic heterocycles. The minimum atomic E-state index is -0.443. The third-order valence-corrected chi connectivity index (χ3v) is 2.05. The Morgan fingerprint density at radius 1 is 1.58 bits per heavy atom. The first kappa shape index (κ1) is 9.62. The average molecular weight is 201 g/mol. The normalized spacial score (nSPS) is 28.1. The van der Waals surface area contributed by atoms with Gasteiger partial charge < -0.3 is 0 Å². The van der Waals surface area contributed by atoms with E-state index in [1.54, 1.807) is 18.2 Å². The number of allylic oxidation sites excluding steroid dienone is 4. The summed E-state index contributed by atoms with van der Waals surface area (Å²) >= 11 is 9.64. The molecule has 0 heterocycles. The van der Waals surface area contributed by atoms with Crippen LogP contribution >= 0.6 is 24.2 Å². The van der Waals surface area contributed by atoms with E-state index in [2.05, 4.69) is 12.6 Å². The minimum Gasteiger partial charge on any atom is -0.276 e. The van der Waals surface area contributed by atoms with E-state index in [1.165, 1.54) is 0 Å². The smallest absolute Gasteiger partial charge is 0.252 e. The molecule has 0 spiro atoms. The van der Waals surface area contributed by atoms with E-state index in [4.69, 9.17) is 11.6 Å². The molecule has 12 heavy (non-hydrogen) atoms. The molecule has 0 saturated heterocycles. The zero-order valence-corrected chi connectivity index (χ0v) is 8.27. The highest BCUT2D eigenvalue weighted by molar-refractivity contribution is 7.82. The summed E-state index contributed by atoms with van der Waals surface area (Å²) in [5.74, 6) is 0. The third-order valence-electron chi connectivity index (χ3n) is 1.54. The molecule has 3 heteroatoms. The molecule has 0 aromatic rings. The van der Waals surface area contributed by atoms with Gasteiger partial charge in [-0.2, -0.15) is 12.6 Å². The fourth-order valence-corrected chi connectivity index (χ4v) is 1.13. The van der Waals surface area contributed by atoms with E-state index >= 15 is 0 Å². The second kappa shape index (κ2) is 3.50. The van der Waals surface area contributed by atoms with Crippen LogP contribution in [0.15, 0.2) is 36.0 Å². The maximum absolute atomic E-state index is 10.7. The maximum Gasteiger partial charge on any atom is 0.252 e. The molecule has 1 rings (SSSR count). The van der Waals surface area contributed by atoms with Gasteiger partial charge >= 0.3 is 0 Å². The minimum absolute atomic E-state index is 0.301. The maximum atomic E-state index is 10.7. The van der Waals surface area contributed by atoms with Crippen molar-refractivity contribution >= 4 is 29.5 Å². The van der Waals surface area contributed by atoms with Gasteiger partial charge in [-0.1, -0.05) is 30.4 Å². The van der Waals surface area contributed by atoms with Crippen molar-refractivity contribution < 1.29 is 4.79 Å². The van der Waals surface area contributed by atoms with Gasteiger partial charge in [-0.05, 0) is 18.5 Å². The number of rotatable bonds is 1. The predicted molar refractivity (Wildman–Crippen MR) is 54.6 cm³/mol. The number of halogens is 1. The monoisotopic (exact) mass is 200 g/mol. The van der Waals surface area contributed by atoms with Gasteiger partial charge in [0, 0.05) is 10.3 Å². The second-order valence-corrected chi connectivity index (χ2v) is 4.12. The summed E-state index contributed by atoms with van der Waals surface area (Å²) in [4.78, 5) is 10.7. The van der Waals surface area contributed by atoms with Crippen molar-refractivity contribution in [1.29, 1.82) is 0 Å². The first-order valence-corrected chi connectivity index (χ1v) is 4.35. The molecule has 0 aliphatic heterocycles. The molecule has 0 N–H and O–H groups in total. The van der Waals surface area contributed by atoms with Gasteiger partial charge in [0.2, 0.25) is 0 Å². The van der Waals surface area contributed by atoms with Crippen LogP contribution in [0.4, 0.5) is 0 Å². The fraction of sp³-hybridized carbons (Fsp3) is 0.222. The SMILES string of the molecule is CC1(S)C=CC=C(C(=O)Cl)C=C1. The largest absolute Gasteiger partial charge is 0.276 e. The van der Waals surface area contributed by atoms with E-state index in [1.807, 2.05) is 19.1 Å². The summed E-state index contributed by atoms with van der Waals surface area (Å²) in [6.45, 7) is 1.93. The zero-order chi connectivity index (χ0) is 9.19. The molecule has 0 bridgehead atoms. The average Bonchev–Trinajstić information content (AvgIpc) is 2.10. The van der Waals surface area contributed by atoms with E-state index in [0.717, 1.165) is 0 Å². The highest BCUT2D eigenvalue weighted by atomic mass is 35.5. The van der Waals surface area contributed by atoms with Crippen molar-refractivity contribution in [3.63, 3.8) is 0 Å². The van der Waals surface area contributed by atoms with Gasteiger partial charge in [-0.3, -0.25) is 4.79 Å². The Bertz CT molecular complexity index is 287. The van der Waals surface area contributed by atoms with Crippen LogP contribution in [0.2, 0.25) is 0 Å². The molecule has 1 unspecified atom stereocenters. The molecule has 0 fully saturated rings. The lowest BCUT2D eigenvalue weighted by molar-refractivity contribution is -0.108. The van der Waals surface area contributed by atoms with Crippen molar-refractivity contribution in [1.82, 2.24) is 0 Å². The highest BCUT2D eigenvalue weighted by Gasteiger charge is 2.13. The molecule has 0 amide bonds. The zero-order valence-electron chi connectivity index (χ0n) is 6.62. The van der Waals surface area contributed by atoms with Crippen molar-refractivity contribution in [2.75, 3.05) is 0 Å². The van der Waals surface area contributed by atoms with Crippen LogP contribution < -0.4 is 0 Å². The summed E-state index contributed by atoms with van der Waals surface area (Å²) in [5, 5.41) is -0.443. The van der Waals surface area contributed by atoms with E-state index in [-0.39, 0.29) is 4.75 Å². The van der Waals surface area contributed by atoms with E-state index in [9.17, 15) is 4.79 Å². The van der Waals surface area contributed by atoms with Gasteiger partial charge in [0.15, 0.2) is 0 Å². The van der Waals surface area contributed by atoms with Crippen LogP contribution in [0.25, 0.3) is 0 Å². The Labute approximate surface area is 82.2 Å². The van der Waals surface area contributed by atoms with Crippen molar-refractivity contribution in [3.05, 3.63) is 36.0 Å². The summed E-state index contributed by atoms with van der Waals surface area (Å²) in [6, 6.07) is 0. The summed E-state index contributed by atoms with van der Waals surface area (Å²) in [7, 11) is 0. The Morgan fingerprint density at radius 2 is 2.25 bits per heavy atom. The molecule has 1 atom stereocenters. The number of hydrogen-bond acceptors (Lipinski definition) is 2. The molecule has 0 aromatic carbocycles. The van der Waals surface area contributed by atoms with Crippen LogP contribution in [0.5, 0.6) is 0 Å². The number of thiol groups is 1. The van der Waals surface area contributed by atoms with Crippen molar-refractivity contribution in [2.24, 2.45) is 0 Å². The number of carbonyl (C=O) groups excluding carboxylic acids is 1. The summed E-state index contributed by atoms with van der Waals surface area (Å²) in [5.41, 5.74) is 0.491. The number of hydrogen-bond donors (Lipinski definition) is 1. The topological polar surface area (TPSA) is 17.1 Å². The number of carbonyl (C=O) groups is 1. The first-order chi connectivity index (χ1) is 5.51. The Morgan fingerprint density at radius 3 is 2.83 bits per heavy atom. The highest BCUT2D eigenvalue weighted by Crippen LogP contribution is 2.21. The Hall–Kier alpha value is -0.470. The first-order valence-electron chi connectivity index (χ1n) is 3.52. The summed E-state index contributed by atoms with van der Waals surface area (Å²) < 4.78 is -0.301. The van der Waals surface area contributed by atoms with Crippen LogP contribution in [-0.4, -0.2) is 9.99 Å². The van der Waals surface area contributed by atoms with Gasteiger partial charge in [-0.15, -0.1) is 0 Å². The second-order valence-electron chi connectivity index (χ2n) is 2.81. The standard InChI is InChI=1S/C9H9ClOS/c1-9(12)5-2-3-7(4-6-9)8(10)11/h2-6,12H,1H3. The van der Waals surface area contributed by atoms with E-state index in [0.29, 0.717) is 5.57 Å². The van der Waals surface area contributed by atoms with Crippen LogP contribution in [0.3, 0.4) is 0 Å². The quantitative estimate of drug-likeness (QED) is 0.509. The third kappa shape index (κ3) is 2.54. The molecule has 64 valence electrons. The van der Waals surface area contributed by atoms with Gasteiger partial charge in [-0.25, -0.2) is 0 Å². The van der Waals surface area contributed by atoms with Crippen LogP contribution in [-0.2, 0) is 4.79 Å². The molecule has 1 nitrogen and oxygen atoms in total. The molecule has 1 aliphatic rings. The summed E-state index contributed by atoms with van der Waals surface area (Å²) in [6.07, 6.45) is 8.85. The molecular weight excluding hydrogens is 192 g/mol. The van der Waals surface area contributed by atoms with Crippen LogP contribution in [0, 0.1) is 0 Å². The molecule has 0 saturated carbocycles. The molecule has 1 aliphatic carbocycles. The van der Waals surface area contributed by atoms with Gasteiger partial charge in [0.1, 0.15) is 0 Å². The fourth-order valence-electron chi connectivity index (χ4n) is 0.847. The predicted octanol–water partition coefficient (Wildman–Crippen LogP) is 2.49. The van der Waals surface area contributed by atoms with Crippen LogP contribution in [0.1, 0.15) is 6.92 Å².